The van der Waals surface area contributed by atoms with Crippen LogP contribution in [0.3, 0.4) is 0 Å². The number of hydrogen-bond donors (Lipinski definition) is 1. The van der Waals surface area contributed by atoms with Crippen molar-refractivity contribution in [1.29, 1.82) is 0 Å². The first-order valence-corrected chi connectivity index (χ1v) is 6.54. The van der Waals surface area contributed by atoms with Gasteiger partial charge in [-0.2, -0.15) is 4.73 Å². The van der Waals surface area contributed by atoms with E-state index in [1.807, 2.05) is 20.8 Å². The minimum absolute atomic E-state index is 0.0815. The largest absolute Gasteiger partial charge is 0.619 e. The van der Waals surface area contributed by atoms with Crippen LogP contribution in [0.5, 0.6) is 0 Å². The molecule has 0 bridgehead atoms. The van der Waals surface area contributed by atoms with Gasteiger partial charge >= 0.3 is 0 Å². The van der Waals surface area contributed by atoms with Crippen molar-refractivity contribution in [2.24, 2.45) is 0 Å². The molecule has 20 heavy (non-hydrogen) atoms. The van der Waals surface area contributed by atoms with Crippen LogP contribution in [0.15, 0.2) is 42.7 Å². The Kier molecular flexibility index (Phi) is 4.03. The van der Waals surface area contributed by atoms with E-state index in [2.05, 4.69) is 23.5 Å². The molecule has 1 atom stereocenters. The van der Waals surface area contributed by atoms with E-state index in [0.717, 1.165) is 11.1 Å². The monoisotopic (exact) mass is 270 g/mol. The molecule has 0 aliphatic rings. The second-order valence-electron chi connectivity index (χ2n) is 5.00. The maximum absolute atomic E-state index is 12.1. The number of nitrogens with zero attached hydrogens (tertiary/aromatic N) is 1. The van der Waals surface area contributed by atoms with Gasteiger partial charge in [0.25, 0.3) is 5.91 Å². The number of amides is 1. The molecule has 0 saturated carbocycles. The van der Waals surface area contributed by atoms with E-state index in [-0.39, 0.29) is 11.9 Å². The number of carbonyl (C=O) groups excluding carboxylic acids is 1. The summed E-state index contributed by atoms with van der Waals surface area (Å²) in [7, 11) is 0. The van der Waals surface area contributed by atoms with Gasteiger partial charge in [0, 0.05) is 12.1 Å². The summed E-state index contributed by atoms with van der Waals surface area (Å²) < 4.78 is 0.658. The highest BCUT2D eigenvalue weighted by molar-refractivity contribution is 5.94. The number of carbonyl (C=O) groups is 1. The molecule has 2 aromatic rings. The van der Waals surface area contributed by atoms with Gasteiger partial charge in [-0.25, -0.2) is 0 Å². The third-order valence-corrected chi connectivity index (χ3v) is 3.31. The lowest BCUT2D eigenvalue weighted by Crippen LogP contribution is -2.29. The van der Waals surface area contributed by atoms with Gasteiger partial charge in [-0.3, -0.25) is 4.79 Å². The SMILES string of the molecule is Cc1ccc(C)c(C(C)NC(=O)c2cc[n+]([O-])cc2)c1. The van der Waals surface area contributed by atoms with Gasteiger partial charge < -0.3 is 10.5 Å². The van der Waals surface area contributed by atoms with Crippen LogP contribution in [-0.4, -0.2) is 5.91 Å². The summed E-state index contributed by atoms with van der Waals surface area (Å²) in [5.74, 6) is -0.181. The molecule has 0 saturated heterocycles. The molecule has 4 heteroatoms. The van der Waals surface area contributed by atoms with Crippen molar-refractivity contribution in [1.82, 2.24) is 5.32 Å². The predicted octanol–water partition coefficient (Wildman–Crippen LogP) is 2.43. The topological polar surface area (TPSA) is 56.0 Å². The van der Waals surface area contributed by atoms with E-state index >= 15 is 0 Å². The zero-order valence-electron chi connectivity index (χ0n) is 11.9. The summed E-state index contributed by atoms with van der Waals surface area (Å²) in [5.41, 5.74) is 3.90. The van der Waals surface area contributed by atoms with Gasteiger partial charge in [-0.05, 0) is 31.9 Å². The number of aryl methyl sites for hydroxylation is 2. The summed E-state index contributed by atoms with van der Waals surface area (Å²) in [6.07, 6.45) is 2.63. The molecule has 1 aromatic heterocycles. The summed E-state index contributed by atoms with van der Waals surface area (Å²) in [6.45, 7) is 6.01. The smallest absolute Gasteiger partial charge is 0.252 e. The number of hydrogen-bond acceptors (Lipinski definition) is 2. The van der Waals surface area contributed by atoms with Gasteiger partial charge in [0.05, 0.1) is 11.6 Å². The standard InChI is InChI=1S/C16H18N2O2/c1-11-4-5-12(2)15(10-11)13(3)17-16(19)14-6-8-18(20)9-7-14/h4-10,13H,1-3H3,(H,17,19). The molecule has 0 aliphatic carbocycles. The van der Waals surface area contributed by atoms with Crippen LogP contribution < -0.4 is 10.0 Å². The minimum Gasteiger partial charge on any atom is -0.619 e. The summed E-state index contributed by atoms with van der Waals surface area (Å²) in [4.78, 5) is 12.1. The van der Waals surface area contributed by atoms with E-state index < -0.39 is 0 Å². The molecule has 1 unspecified atom stereocenters. The van der Waals surface area contributed by atoms with Gasteiger partial charge in [-0.1, -0.05) is 23.8 Å². The Morgan fingerprint density at radius 2 is 1.85 bits per heavy atom. The fraction of sp³-hybridized carbons (Fsp3) is 0.250. The van der Waals surface area contributed by atoms with Crippen LogP contribution in [0, 0.1) is 19.1 Å². The average molecular weight is 270 g/mol. The van der Waals surface area contributed by atoms with Gasteiger partial charge in [-0.15, -0.1) is 0 Å². The number of aromatic nitrogens is 1. The highest BCUT2D eigenvalue weighted by atomic mass is 16.5. The molecule has 0 spiro atoms. The average Bonchev–Trinajstić information content (AvgIpc) is 2.42. The van der Waals surface area contributed by atoms with Crippen LogP contribution in [0.25, 0.3) is 0 Å². The van der Waals surface area contributed by atoms with Crippen molar-refractivity contribution < 1.29 is 9.52 Å². The first-order chi connectivity index (χ1) is 9.47. The van der Waals surface area contributed by atoms with Crippen molar-refractivity contribution in [3.63, 3.8) is 0 Å². The molecule has 1 aromatic carbocycles. The van der Waals surface area contributed by atoms with Crippen molar-refractivity contribution in [2.45, 2.75) is 26.8 Å². The van der Waals surface area contributed by atoms with Crippen molar-refractivity contribution >= 4 is 5.91 Å². The normalized spacial score (nSPS) is 11.9. The summed E-state index contributed by atoms with van der Waals surface area (Å²) in [6, 6.07) is 9.13. The Morgan fingerprint density at radius 3 is 2.50 bits per heavy atom. The molecule has 2 rings (SSSR count). The zero-order chi connectivity index (χ0) is 14.7. The molecule has 0 fully saturated rings. The summed E-state index contributed by atoms with van der Waals surface area (Å²) >= 11 is 0. The van der Waals surface area contributed by atoms with Crippen molar-refractivity contribution in [3.05, 3.63) is 70.2 Å². The van der Waals surface area contributed by atoms with E-state index in [4.69, 9.17) is 0 Å². The van der Waals surface area contributed by atoms with E-state index in [9.17, 15) is 10.0 Å². The zero-order valence-corrected chi connectivity index (χ0v) is 11.9. The van der Waals surface area contributed by atoms with Gasteiger partial charge in [0.15, 0.2) is 12.4 Å². The number of nitrogens with one attached hydrogen (secondary N) is 1. The third-order valence-electron chi connectivity index (χ3n) is 3.31. The van der Waals surface area contributed by atoms with E-state index in [1.54, 1.807) is 0 Å². The van der Waals surface area contributed by atoms with E-state index in [1.165, 1.54) is 30.1 Å². The Balaban J connectivity index is 2.15. The maximum atomic E-state index is 12.1. The van der Waals surface area contributed by atoms with E-state index in [0.29, 0.717) is 10.3 Å². The first-order valence-electron chi connectivity index (χ1n) is 6.54. The third kappa shape index (κ3) is 3.15. The molecule has 1 N–H and O–H groups in total. The maximum Gasteiger partial charge on any atom is 0.252 e. The molecule has 1 heterocycles. The predicted molar refractivity (Wildman–Crippen MR) is 77.2 cm³/mol. The lowest BCUT2D eigenvalue weighted by Gasteiger charge is -2.17. The molecule has 4 nitrogen and oxygen atoms in total. The molecule has 0 radical (unpaired) electrons. The fourth-order valence-electron chi connectivity index (χ4n) is 2.15. The van der Waals surface area contributed by atoms with Crippen LogP contribution in [0.4, 0.5) is 0 Å². The summed E-state index contributed by atoms with van der Waals surface area (Å²) in [5, 5.41) is 13.9. The second-order valence-corrected chi connectivity index (χ2v) is 5.00. The highest BCUT2D eigenvalue weighted by Crippen LogP contribution is 2.19. The van der Waals surface area contributed by atoms with Crippen LogP contribution in [0.2, 0.25) is 0 Å². The molecule has 0 aliphatic heterocycles. The molecular weight excluding hydrogens is 252 g/mol. The van der Waals surface area contributed by atoms with Crippen LogP contribution in [0.1, 0.15) is 40.0 Å². The van der Waals surface area contributed by atoms with Gasteiger partial charge in [0.1, 0.15) is 0 Å². The van der Waals surface area contributed by atoms with Crippen LogP contribution in [-0.2, 0) is 0 Å². The Morgan fingerprint density at radius 1 is 1.20 bits per heavy atom. The number of benzene rings is 1. The Hall–Kier alpha value is -2.36. The highest BCUT2D eigenvalue weighted by Gasteiger charge is 2.13. The van der Waals surface area contributed by atoms with Gasteiger partial charge in [0.2, 0.25) is 0 Å². The Labute approximate surface area is 118 Å². The van der Waals surface area contributed by atoms with Crippen molar-refractivity contribution in [2.75, 3.05) is 0 Å². The quantitative estimate of drug-likeness (QED) is 0.688. The second kappa shape index (κ2) is 5.74. The number of rotatable bonds is 3. The first kappa shape index (κ1) is 14.1. The lowest BCUT2D eigenvalue weighted by atomic mass is 10.00. The molecule has 104 valence electrons. The minimum atomic E-state index is -0.181. The fourth-order valence-corrected chi connectivity index (χ4v) is 2.15. The Bertz CT molecular complexity index is 621. The van der Waals surface area contributed by atoms with Crippen LogP contribution >= 0.6 is 0 Å². The molecule has 1 amide bonds. The lowest BCUT2D eigenvalue weighted by molar-refractivity contribution is -0.605. The molecular formula is C16H18N2O2. The van der Waals surface area contributed by atoms with Crippen molar-refractivity contribution in [3.8, 4) is 0 Å². The number of pyridine rings is 1.